The second-order valence-electron chi connectivity index (χ2n) is 4.44. The van der Waals surface area contributed by atoms with Crippen LogP contribution < -0.4 is 0 Å². The largest absolute Gasteiger partial charge is 0.290 e. The van der Waals surface area contributed by atoms with E-state index in [9.17, 15) is 0 Å². The van der Waals surface area contributed by atoms with E-state index in [2.05, 4.69) is 25.8 Å². The van der Waals surface area contributed by atoms with E-state index in [-0.39, 0.29) is 5.41 Å². The minimum absolute atomic E-state index is 0.0944. The zero-order chi connectivity index (χ0) is 10.3. The van der Waals surface area contributed by atoms with Gasteiger partial charge in [-0.2, -0.15) is 0 Å². The van der Waals surface area contributed by atoms with Gasteiger partial charge in [0.15, 0.2) is 0 Å². The van der Waals surface area contributed by atoms with Gasteiger partial charge < -0.3 is 0 Å². The molecule has 2 aromatic heterocycles. The molecule has 0 fully saturated rings. The molecule has 0 aliphatic rings. The number of pyridine rings is 1. The summed E-state index contributed by atoms with van der Waals surface area (Å²) in [6.45, 7) is 6.51. The van der Waals surface area contributed by atoms with Gasteiger partial charge in [0.2, 0.25) is 0 Å². The lowest BCUT2D eigenvalue weighted by Gasteiger charge is -2.19. The van der Waals surface area contributed by atoms with Crippen LogP contribution >= 0.6 is 11.6 Å². The Bertz CT molecular complexity index is 466. The van der Waals surface area contributed by atoms with Crippen LogP contribution in [0, 0.1) is 0 Å². The Morgan fingerprint density at radius 1 is 1.29 bits per heavy atom. The molecule has 0 spiro atoms. The Morgan fingerprint density at radius 2 is 2.00 bits per heavy atom. The van der Waals surface area contributed by atoms with Crippen molar-refractivity contribution in [3.63, 3.8) is 0 Å². The molecule has 0 aliphatic heterocycles. The van der Waals surface area contributed by atoms with Crippen LogP contribution in [-0.4, -0.2) is 9.38 Å². The molecular formula is C11H13ClN2. The predicted octanol–water partition coefficient (Wildman–Crippen LogP) is 3.29. The van der Waals surface area contributed by atoms with Crippen LogP contribution in [-0.2, 0) is 5.41 Å². The van der Waals surface area contributed by atoms with Gasteiger partial charge in [-0.3, -0.25) is 4.40 Å². The summed E-state index contributed by atoms with van der Waals surface area (Å²) < 4.78 is 1.90. The summed E-state index contributed by atoms with van der Waals surface area (Å²) in [7, 11) is 0. The fourth-order valence-electron chi connectivity index (χ4n) is 1.57. The van der Waals surface area contributed by atoms with Gasteiger partial charge >= 0.3 is 0 Å². The summed E-state index contributed by atoms with van der Waals surface area (Å²) in [6.07, 6.45) is 3.66. The van der Waals surface area contributed by atoms with Crippen LogP contribution in [0.5, 0.6) is 0 Å². The molecule has 74 valence electrons. The van der Waals surface area contributed by atoms with Crippen molar-refractivity contribution in [1.82, 2.24) is 9.38 Å². The molecule has 0 amide bonds. The summed E-state index contributed by atoms with van der Waals surface area (Å²) in [5.41, 5.74) is 2.26. The maximum atomic E-state index is 6.04. The van der Waals surface area contributed by atoms with Gasteiger partial charge in [0.25, 0.3) is 0 Å². The molecule has 0 bridgehead atoms. The van der Waals surface area contributed by atoms with Crippen molar-refractivity contribution in [3.8, 4) is 0 Å². The number of halogens is 1. The van der Waals surface area contributed by atoms with Gasteiger partial charge in [-0.05, 0) is 11.5 Å². The van der Waals surface area contributed by atoms with Crippen molar-refractivity contribution in [3.05, 3.63) is 35.2 Å². The van der Waals surface area contributed by atoms with Crippen LogP contribution in [0.3, 0.4) is 0 Å². The molecule has 14 heavy (non-hydrogen) atoms. The lowest BCUT2D eigenvalue weighted by Crippen LogP contribution is -2.13. The molecule has 0 saturated carbocycles. The monoisotopic (exact) mass is 208 g/mol. The summed E-state index contributed by atoms with van der Waals surface area (Å²) >= 11 is 6.04. The molecule has 2 heterocycles. The SMILES string of the molecule is CC(C)(C)c1ccc(Cl)n2ccnc12. The minimum atomic E-state index is 0.0944. The third-order valence-corrected chi connectivity index (χ3v) is 2.62. The number of hydrogen-bond acceptors (Lipinski definition) is 1. The fraction of sp³-hybridized carbons (Fsp3) is 0.364. The van der Waals surface area contributed by atoms with Gasteiger partial charge in [0.1, 0.15) is 10.8 Å². The normalized spacial score (nSPS) is 12.3. The summed E-state index contributed by atoms with van der Waals surface area (Å²) in [6, 6.07) is 3.96. The molecule has 2 rings (SSSR count). The van der Waals surface area contributed by atoms with Crippen molar-refractivity contribution < 1.29 is 0 Å². The van der Waals surface area contributed by atoms with Crippen LogP contribution in [0.25, 0.3) is 5.65 Å². The van der Waals surface area contributed by atoms with E-state index in [4.69, 9.17) is 11.6 Å². The second kappa shape index (κ2) is 2.99. The van der Waals surface area contributed by atoms with Gasteiger partial charge in [-0.1, -0.05) is 38.4 Å². The molecule has 0 saturated heterocycles. The van der Waals surface area contributed by atoms with Crippen molar-refractivity contribution in [2.75, 3.05) is 0 Å². The highest BCUT2D eigenvalue weighted by atomic mass is 35.5. The molecule has 3 heteroatoms. The second-order valence-corrected chi connectivity index (χ2v) is 4.83. The van der Waals surface area contributed by atoms with Crippen LogP contribution in [0.4, 0.5) is 0 Å². The van der Waals surface area contributed by atoms with Crippen molar-refractivity contribution in [2.24, 2.45) is 0 Å². The topological polar surface area (TPSA) is 17.3 Å². The molecule has 0 aromatic carbocycles. The summed E-state index contributed by atoms with van der Waals surface area (Å²) in [5.74, 6) is 0. The fourth-order valence-corrected chi connectivity index (χ4v) is 1.77. The van der Waals surface area contributed by atoms with Crippen molar-refractivity contribution >= 4 is 17.2 Å². The zero-order valence-electron chi connectivity index (χ0n) is 8.58. The predicted molar refractivity (Wildman–Crippen MR) is 58.9 cm³/mol. The van der Waals surface area contributed by atoms with Crippen LogP contribution in [0.1, 0.15) is 26.3 Å². The van der Waals surface area contributed by atoms with Crippen LogP contribution in [0.15, 0.2) is 24.5 Å². The Labute approximate surface area is 88.5 Å². The van der Waals surface area contributed by atoms with E-state index in [0.717, 1.165) is 5.65 Å². The van der Waals surface area contributed by atoms with E-state index in [1.165, 1.54) is 5.56 Å². The Hall–Kier alpha value is -1.02. The Morgan fingerprint density at radius 3 is 2.64 bits per heavy atom. The smallest absolute Gasteiger partial charge is 0.141 e. The average molecular weight is 209 g/mol. The van der Waals surface area contributed by atoms with Gasteiger partial charge in [0, 0.05) is 18.0 Å². The van der Waals surface area contributed by atoms with E-state index in [1.54, 1.807) is 6.20 Å². The number of fused-ring (bicyclic) bond motifs is 1. The lowest BCUT2D eigenvalue weighted by molar-refractivity contribution is 0.592. The number of aromatic nitrogens is 2. The van der Waals surface area contributed by atoms with Crippen molar-refractivity contribution in [1.29, 1.82) is 0 Å². The quantitative estimate of drug-likeness (QED) is 0.608. The first kappa shape index (κ1) is 9.53. The highest BCUT2D eigenvalue weighted by Crippen LogP contribution is 2.27. The highest BCUT2D eigenvalue weighted by Gasteiger charge is 2.18. The highest BCUT2D eigenvalue weighted by molar-refractivity contribution is 6.29. The molecule has 0 unspecified atom stereocenters. The lowest BCUT2D eigenvalue weighted by atomic mass is 9.88. The Kier molecular flexibility index (Phi) is 2.04. The maximum absolute atomic E-state index is 6.04. The third-order valence-electron chi connectivity index (χ3n) is 2.31. The zero-order valence-corrected chi connectivity index (χ0v) is 9.34. The first-order valence-corrected chi connectivity index (χ1v) is 5.00. The number of imidazole rings is 1. The van der Waals surface area contributed by atoms with E-state index in [0.29, 0.717) is 5.15 Å². The molecule has 0 radical (unpaired) electrons. The first-order valence-electron chi connectivity index (χ1n) is 4.62. The third kappa shape index (κ3) is 1.40. The molecule has 2 nitrogen and oxygen atoms in total. The van der Waals surface area contributed by atoms with E-state index < -0.39 is 0 Å². The standard InChI is InChI=1S/C11H13ClN2/c1-11(2,3)8-4-5-9(12)14-7-6-13-10(8)14/h4-7H,1-3H3. The van der Waals surface area contributed by atoms with Crippen LogP contribution in [0.2, 0.25) is 5.15 Å². The van der Waals surface area contributed by atoms with Gasteiger partial charge in [-0.15, -0.1) is 0 Å². The van der Waals surface area contributed by atoms with E-state index >= 15 is 0 Å². The van der Waals surface area contributed by atoms with Gasteiger partial charge in [0.05, 0.1) is 0 Å². The van der Waals surface area contributed by atoms with Crippen molar-refractivity contribution in [2.45, 2.75) is 26.2 Å². The number of nitrogens with zero attached hydrogens (tertiary/aromatic N) is 2. The molecule has 2 aromatic rings. The molecule has 0 N–H and O–H groups in total. The molecular weight excluding hydrogens is 196 g/mol. The Balaban J connectivity index is 2.80. The maximum Gasteiger partial charge on any atom is 0.141 e. The molecule has 0 aliphatic carbocycles. The summed E-state index contributed by atoms with van der Waals surface area (Å²) in [5, 5.41) is 0.700. The first-order chi connectivity index (χ1) is 6.50. The minimum Gasteiger partial charge on any atom is -0.290 e. The summed E-state index contributed by atoms with van der Waals surface area (Å²) in [4.78, 5) is 4.32. The van der Waals surface area contributed by atoms with E-state index in [1.807, 2.05) is 22.7 Å². The number of hydrogen-bond donors (Lipinski definition) is 0. The average Bonchev–Trinajstić information content (AvgIpc) is 2.50. The van der Waals surface area contributed by atoms with Gasteiger partial charge in [-0.25, -0.2) is 4.98 Å². The number of rotatable bonds is 0. The molecule has 0 atom stereocenters.